The molecule has 0 aliphatic heterocycles. The van der Waals surface area contributed by atoms with Gasteiger partial charge in [0.05, 0.1) is 0 Å². The van der Waals surface area contributed by atoms with Crippen LogP contribution in [0.25, 0.3) is 0 Å². The summed E-state index contributed by atoms with van der Waals surface area (Å²) in [6, 6.07) is 13.7. The van der Waals surface area contributed by atoms with Crippen LogP contribution in [0.4, 0.5) is 5.69 Å². The molecule has 1 unspecified atom stereocenters. The zero-order valence-electron chi connectivity index (χ0n) is 14.8. The van der Waals surface area contributed by atoms with E-state index in [0.717, 1.165) is 11.1 Å². The normalized spacial score (nSPS) is 13.0. The van der Waals surface area contributed by atoms with Crippen LogP contribution in [0.1, 0.15) is 24.5 Å². The fraction of sp³-hybridized carbons (Fsp3) is 0.300. The fourth-order valence-electron chi connectivity index (χ4n) is 2.63. The van der Waals surface area contributed by atoms with Gasteiger partial charge in [-0.05, 0) is 43.5 Å². The summed E-state index contributed by atoms with van der Waals surface area (Å²) in [4.78, 5) is 23.7. The van der Waals surface area contributed by atoms with Crippen molar-refractivity contribution in [1.29, 1.82) is 0 Å². The Morgan fingerprint density at radius 3 is 2.46 bits per heavy atom. The van der Waals surface area contributed by atoms with Crippen molar-refractivity contribution in [1.82, 2.24) is 5.32 Å². The summed E-state index contributed by atoms with van der Waals surface area (Å²) in [5.41, 5.74) is 2.49. The van der Waals surface area contributed by atoms with Gasteiger partial charge in [-0.3, -0.25) is 9.59 Å². The predicted octanol–water partition coefficient (Wildman–Crippen LogP) is 3.65. The quantitative estimate of drug-likeness (QED) is 0.659. The molecule has 2 aromatic rings. The van der Waals surface area contributed by atoms with Gasteiger partial charge in [0.25, 0.3) is 0 Å². The van der Waals surface area contributed by atoms with Crippen molar-refractivity contribution in [2.75, 3.05) is 5.32 Å². The summed E-state index contributed by atoms with van der Waals surface area (Å²) < 4.78 is 0. The molecular formula is C20H23ClN2O3. The average molecular weight is 375 g/mol. The van der Waals surface area contributed by atoms with Crippen molar-refractivity contribution >= 4 is 29.2 Å². The minimum Gasteiger partial charge on any atom is -0.480 e. The third-order valence-corrected chi connectivity index (χ3v) is 4.42. The van der Waals surface area contributed by atoms with Crippen LogP contribution >= 0.6 is 11.6 Å². The van der Waals surface area contributed by atoms with Gasteiger partial charge in [0.2, 0.25) is 5.91 Å². The van der Waals surface area contributed by atoms with Crippen LogP contribution in [0.3, 0.4) is 0 Å². The molecule has 0 aromatic heterocycles. The zero-order valence-corrected chi connectivity index (χ0v) is 15.6. The molecule has 0 spiro atoms. The molecule has 138 valence electrons. The number of hydrogen-bond acceptors (Lipinski definition) is 3. The number of carboxylic acids is 1. The number of nitrogens with one attached hydrogen (secondary N) is 2. The Labute approximate surface area is 158 Å². The molecule has 26 heavy (non-hydrogen) atoms. The molecule has 0 saturated carbocycles. The second kappa shape index (κ2) is 9.36. The molecule has 0 aliphatic rings. The Kier molecular flexibility index (Phi) is 7.18. The van der Waals surface area contributed by atoms with E-state index in [1.165, 1.54) is 0 Å². The summed E-state index contributed by atoms with van der Waals surface area (Å²) in [5.74, 6) is -1.14. The number of rotatable bonds is 8. The van der Waals surface area contributed by atoms with E-state index >= 15 is 0 Å². The van der Waals surface area contributed by atoms with Gasteiger partial charge >= 0.3 is 5.97 Å². The first kappa shape index (κ1) is 19.9. The van der Waals surface area contributed by atoms with Crippen LogP contribution in [-0.2, 0) is 16.0 Å². The van der Waals surface area contributed by atoms with Gasteiger partial charge < -0.3 is 15.7 Å². The van der Waals surface area contributed by atoms with Crippen LogP contribution in [0.2, 0.25) is 5.02 Å². The topological polar surface area (TPSA) is 78.4 Å². The number of carbonyl (C=O) groups excluding carboxylic acids is 1. The highest BCUT2D eigenvalue weighted by atomic mass is 35.5. The van der Waals surface area contributed by atoms with E-state index < -0.39 is 12.0 Å². The molecule has 6 heteroatoms. The maximum atomic E-state index is 12.2. The molecular weight excluding hydrogens is 352 g/mol. The molecule has 0 bridgehead atoms. The molecule has 0 heterocycles. The third-order valence-electron chi connectivity index (χ3n) is 4.01. The number of anilines is 1. The summed E-state index contributed by atoms with van der Waals surface area (Å²) in [6.07, 6.45) is 0.514. The minimum atomic E-state index is -0.938. The van der Waals surface area contributed by atoms with E-state index in [1.807, 2.05) is 43.3 Å². The minimum absolute atomic E-state index is 0.157. The van der Waals surface area contributed by atoms with Gasteiger partial charge in [-0.1, -0.05) is 48.0 Å². The highest BCUT2D eigenvalue weighted by Crippen LogP contribution is 2.20. The van der Waals surface area contributed by atoms with E-state index in [9.17, 15) is 14.7 Å². The maximum absolute atomic E-state index is 12.2. The SMILES string of the molecule is Cc1ccc(NC(=O)CC(C)N[C@@H](Cc2ccccc2)C(=O)O)cc1Cl. The van der Waals surface area contributed by atoms with Gasteiger partial charge in [-0.15, -0.1) is 0 Å². The van der Waals surface area contributed by atoms with Gasteiger partial charge in [0.15, 0.2) is 0 Å². The maximum Gasteiger partial charge on any atom is 0.321 e. The van der Waals surface area contributed by atoms with Crippen molar-refractivity contribution in [2.45, 2.75) is 38.8 Å². The standard InChI is InChI=1S/C20H23ClN2O3/c1-13-8-9-16(12-17(13)21)23-19(24)10-14(2)22-18(20(25)26)11-15-6-4-3-5-7-15/h3-9,12,14,18,22H,10-11H2,1-2H3,(H,23,24)(H,25,26)/t14?,18-/m0/s1. The number of carbonyl (C=O) groups is 2. The van der Waals surface area contributed by atoms with Gasteiger partial charge in [0.1, 0.15) is 6.04 Å². The lowest BCUT2D eigenvalue weighted by molar-refractivity contribution is -0.139. The highest BCUT2D eigenvalue weighted by molar-refractivity contribution is 6.31. The second-order valence-corrected chi connectivity index (χ2v) is 6.77. The van der Waals surface area contributed by atoms with Crippen LogP contribution in [0.15, 0.2) is 48.5 Å². The Hall–Kier alpha value is -2.37. The number of benzene rings is 2. The Morgan fingerprint density at radius 2 is 1.85 bits per heavy atom. The van der Waals surface area contributed by atoms with Gasteiger partial charge in [0, 0.05) is 23.2 Å². The molecule has 0 aliphatic carbocycles. The van der Waals surface area contributed by atoms with Crippen LogP contribution in [0.5, 0.6) is 0 Å². The predicted molar refractivity (Wildman–Crippen MR) is 104 cm³/mol. The summed E-state index contributed by atoms with van der Waals surface area (Å²) in [5, 5.41) is 15.8. The van der Waals surface area contributed by atoms with Crippen molar-refractivity contribution in [3.63, 3.8) is 0 Å². The number of hydrogen-bond donors (Lipinski definition) is 3. The smallest absolute Gasteiger partial charge is 0.321 e. The van der Waals surface area contributed by atoms with Gasteiger partial charge in [-0.25, -0.2) is 0 Å². The Morgan fingerprint density at radius 1 is 1.15 bits per heavy atom. The number of aryl methyl sites for hydroxylation is 1. The van der Waals surface area contributed by atoms with Crippen LogP contribution < -0.4 is 10.6 Å². The fourth-order valence-corrected chi connectivity index (χ4v) is 2.81. The molecule has 2 aromatic carbocycles. The molecule has 2 atom stereocenters. The highest BCUT2D eigenvalue weighted by Gasteiger charge is 2.21. The van der Waals surface area contributed by atoms with E-state index in [0.29, 0.717) is 17.1 Å². The third kappa shape index (κ3) is 6.17. The largest absolute Gasteiger partial charge is 0.480 e. The number of carboxylic acid groups (broad SMARTS) is 1. The monoisotopic (exact) mass is 374 g/mol. The second-order valence-electron chi connectivity index (χ2n) is 6.36. The van der Waals surface area contributed by atoms with Crippen molar-refractivity contribution in [2.24, 2.45) is 0 Å². The van der Waals surface area contributed by atoms with Crippen molar-refractivity contribution < 1.29 is 14.7 Å². The van der Waals surface area contributed by atoms with E-state index in [4.69, 9.17) is 11.6 Å². The van der Waals surface area contributed by atoms with Crippen molar-refractivity contribution in [3.05, 3.63) is 64.7 Å². The first-order chi connectivity index (χ1) is 12.3. The molecule has 0 saturated heterocycles. The summed E-state index contributed by atoms with van der Waals surface area (Å²) in [7, 11) is 0. The number of halogens is 1. The molecule has 0 radical (unpaired) electrons. The number of amides is 1. The lowest BCUT2D eigenvalue weighted by Gasteiger charge is -2.20. The average Bonchev–Trinajstić information content (AvgIpc) is 2.58. The molecule has 1 amide bonds. The van der Waals surface area contributed by atoms with E-state index in [2.05, 4.69) is 10.6 Å². The summed E-state index contributed by atoms with van der Waals surface area (Å²) >= 11 is 6.05. The Balaban J connectivity index is 1.90. The van der Waals surface area contributed by atoms with Crippen LogP contribution in [0, 0.1) is 6.92 Å². The number of aliphatic carboxylic acids is 1. The first-order valence-corrected chi connectivity index (χ1v) is 8.81. The van der Waals surface area contributed by atoms with Gasteiger partial charge in [-0.2, -0.15) is 0 Å². The lowest BCUT2D eigenvalue weighted by Crippen LogP contribution is -2.44. The Bertz CT molecular complexity index is 765. The zero-order chi connectivity index (χ0) is 19.1. The molecule has 3 N–H and O–H groups in total. The molecule has 0 fully saturated rings. The first-order valence-electron chi connectivity index (χ1n) is 8.44. The lowest BCUT2D eigenvalue weighted by atomic mass is 10.0. The van der Waals surface area contributed by atoms with Crippen LogP contribution in [-0.4, -0.2) is 29.1 Å². The summed E-state index contributed by atoms with van der Waals surface area (Å²) in [6.45, 7) is 3.68. The molecule has 5 nitrogen and oxygen atoms in total. The van der Waals surface area contributed by atoms with E-state index in [-0.39, 0.29) is 18.4 Å². The molecule has 2 rings (SSSR count). The van der Waals surface area contributed by atoms with E-state index in [1.54, 1.807) is 19.1 Å². The van der Waals surface area contributed by atoms with Crippen molar-refractivity contribution in [3.8, 4) is 0 Å².